The number of benzene rings is 1. The highest BCUT2D eigenvalue weighted by Crippen LogP contribution is 2.44. The van der Waals surface area contributed by atoms with E-state index in [2.05, 4.69) is 40.4 Å². The third kappa shape index (κ3) is 3.57. The molecule has 2 heterocycles. The molecule has 26 heavy (non-hydrogen) atoms. The van der Waals surface area contributed by atoms with E-state index in [9.17, 15) is 0 Å². The van der Waals surface area contributed by atoms with Crippen LogP contribution in [-0.4, -0.2) is 35.2 Å². The molecule has 1 aromatic carbocycles. The van der Waals surface area contributed by atoms with Crippen molar-refractivity contribution in [2.75, 3.05) is 20.2 Å². The van der Waals surface area contributed by atoms with Crippen LogP contribution in [0.4, 0.5) is 0 Å². The standard InChI is InChI=1S/C20H24N4OS/c1-3-6-21-10-13-7-15(8-13)19-24-17-5-4-14(9-18(17)26-19)16-11-22-20(25-2)23-12-16/h4-5,9,11-13,15,21H,3,6-8,10H2,1-2H3. The molecule has 0 saturated heterocycles. The third-order valence-corrected chi connectivity index (χ3v) is 6.17. The number of hydrogen-bond donors (Lipinski definition) is 1. The number of fused-ring (bicyclic) bond motifs is 1. The van der Waals surface area contributed by atoms with Crippen molar-refractivity contribution in [3.05, 3.63) is 35.6 Å². The van der Waals surface area contributed by atoms with E-state index in [0.717, 1.165) is 35.7 Å². The monoisotopic (exact) mass is 368 g/mol. The molecule has 136 valence electrons. The van der Waals surface area contributed by atoms with Crippen LogP contribution in [0.15, 0.2) is 30.6 Å². The maximum Gasteiger partial charge on any atom is 0.316 e. The van der Waals surface area contributed by atoms with Crippen molar-refractivity contribution in [1.82, 2.24) is 20.3 Å². The van der Waals surface area contributed by atoms with Gasteiger partial charge in [0.15, 0.2) is 0 Å². The van der Waals surface area contributed by atoms with E-state index in [4.69, 9.17) is 9.72 Å². The Balaban J connectivity index is 1.46. The van der Waals surface area contributed by atoms with Crippen molar-refractivity contribution >= 4 is 21.6 Å². The smallest absolute Gasteiger partial charge is 0.316 e. The highest BCUT2D eigenvalue weighted by Gasteiger charge is 2.32. The maximum absolute atomic E-state index is 5.03. The molecule has 1 saturated carbocycles. The van der Waals surface area contributed by atoms with Crippen LogP contribution in [0.25, 0.3) is 21.3 Å². The number of methoxy groups -OCH3 is 1. The van der Waals surface area contributed by atoms with E-state index in [1.807, 2.05) is 11.3 Å². The van der Waals surface area contributed by atoms with Gasteiger partial charge in [-0.3, -0.25) is 0 Å². The van der Waals surface area contributed by atoms with Gasteiger partial charge in [0.2, 0.25) is 0 Å². The average molecular weight is 369 g/mol. The molecule has 0 bridgehead atoms. The molecule has 0 unspecified atom stereocenters. The Morgan fingerprint density at radius 2 is 2.00 bits per heavy atom. The van der Waals surface area contributed by atoms with Crippen molar-refractivity contribution in [1.29, 1.82) is 0 Å². The van der Waals surface area contributed by atoms with Crippen molar-refractivity contribution in [3.8, 4) is 17.1 Å². The topological polar surface area (TPSA) is 59.9 Å². The van der Waals surface area contributed by atoms with Crippen LogP contribution in [0.1, 0.15) is 37.1 Å². The van der Waals surface area contributed by atoms with E-state index in [0.29, 0.717) is 11.9 Å². The third-order valence-electron chi connectivity index (χ3n) is 4.99. The molecule has 6 heteroatoms. The predicted octanol–water partition coefficient (Wildman–Crippen LogP) is 4.26. The fraction of sp³-hybridized carbons (Fsp3) is 0.450. The zero-order chi connectivity index (χ0) is 17.9. The van der Waals surface area contributed by atoms with Gasteiger partial charge in [-0.1, -0.05) is 13.0 Å². The number of nitrogens with one attached hydrogen (secondary N) is 1. The minimum absolute atomic E-state index is 0.392. The highest BCUT2D eigenvalue weighted by molar-refractivity contribution is 7.18. The van der Waals surface area contributed by atoms with Crippen molar-refractivity contribution in [2.24, 2.45) is 5.92 Å². The van der Waals surface area contributed by atoms with Gasteiger partial charge < -0.3 is 10.1 Å². The number of ether oxygens (including phenoxy) is 1. The van der Waals surface area contributed by atoms with Gasteiger partial charge in [-0.05, 0) is 56.0 Å². The Labute approximate surface area is 157 Å². The second-order valence-corrected chi connectivity index (χ2v) is 7.99. The minimum Gasteiger partial charge on any atom is -0.467 e. The first-order chi connectivity index (χ1) is 12.8. The van der Waals surface area contributed by atoms with Crippen LogP contribution >= 0.6 is 11.3 Å². The Hall–Kier alpha value is -2.05. The summed E-state index contributed by atoms with van der Waals surface area (Å²) in [5.74, 6) is 1.44. The lowest BCUT2D eigenvalue weighted by atomic mass is 9.75. The van der Waals surface area contributed by atoms with E-state index in [1.54, 1.807) is 19.5 Å². The summed E-state index contributed by atoms with van der Waals surface area (Å²) in [4.78, 5) is 13.3. The molecular formula is C20H24N4OS. The Bertz CT molecular complexity index is 871. The molecule has 0 amide bonds. The molecule has 4 rings (SSSR count). The summed E-state index contributed by atoms with van der Waals surface area (Å²) < 4.78 is 6.27. The predicted molar refractivity (Wildman–Crippen MR) is 106 cm³/mol. The lowest BCUT2D eigenvalue weighted by Gasteiger charge is -2.34. The quantitative estimate of drug-likeness (QED) is 0.632. The first kappa shape index (κ1) is 17.4. The van der Waals surface area contributed by atoms with Gasteiger partial charge in [-0.15, -0.1) is 11.3 Å². The number of aromatic nitrogens is 3. The van der Waals surface area contributed by atoms with E-state index in [-0.39, 0.29) is 0 Å². The fourth-order valence-corrected chi connectivity index (χ4v) is 4.59. The molecule has 0 spiro atoms. The van der Waals surface area contributed by atoms with E-state index >= 15 is 0 Å². The summed E-state index contributed by atoms with van der Waals surface area (Å²) in [5, 5.41) is 4.82. The van der Waals surface area contributed by atoms with Gasteiger partial charge in [0.1, 0.15) is 0 Å². The normalized spacial score (nSPS) is 19.5. The largest absolute Gasteiger partial charge is 0.467 e. The van der Waals surface area contributed by atoms with Crippen molar-refractivity contribution < 1.29 is 4.74 Å². The second kappa shape index (κ2) is 7.68. The maximum atomic E-state index is 5.03. The molecule has 1 fully saturated rings. The molecule has 1 N–H and O–H groups in total. The fourth-order valence-electron chi connectivity index (χ4n) is 3.45. The van der Waals surface area contributed by atoms with Crippen LogP contribution in [-0.2, 0) is 0 Å². The second-order valence-electron chi connectivity index (χ2n) is 6.93. The summed E-state index contributed by atoms with van der Waals surface area (Å²) in [5.41, 5.74) is 3.20. The van der Waals surface area contributed by atoms with Crippen LogP contribution in [0, 0.1) is 5.92 Å². The molecule has 1 aliphatic carbocycles. The Morgan fingerprint density at radius 3 is 2.73 bits per heavy atom. The summed E-state index contributed by atoms with van der Waals surface area (Å²) >= 11 is 1.83. The molecule has 0 radical (unpaired) electrons. The van der Waals surface area contributed by atoms with Crippen LogP contribution in [0.2, 0.25) is 0 Å². The molecule has 2 aromatic heterocycles. The van der Waals surface area contributed by atoms with Gasteiger partial charge in [-0.25, -0.2) is 15.0 Å². The lowest BCUT2D eigenvalue weighted by Crippen LogP contribution is -2.32. The van der Waals surface area contributed by atoms with Gasteiger partial charge in [-0.2, -0.15) is 0 Å². The highest BCUT2D eigenvalue weighted by atomic mass is 32.1. The van der Waals surface area contributed by atoms with E-state index < -0.39 is 0 Å². The Kier molecular flexibility index (Phi) is 5.13. The molecule has 0 aliphatic heterocycles. The van der Waals surface area contributed by atoms with Gasteiger partial charge in [0, 0.05) is 23.9 Å². The number of hydrogen-bond acceptors (Lipinski definition) is 6. The number of rotatable bonds is 7. The van der Waals surface area contributed by atoms with Crippen LogP contribution in [0.3, 0.4) is 0 Å². The summed E-state index contributed by atoms with van der Waals surface area (Å²) in [6.07, 6.45) is 7.32. The van der Waals surface area contributed by atoms with Gasteiger partial charge in [0.05, 0.1) is 22.3 Å². The summed E-state index contributed by atoms with van der Waals surface area (Å²) in [6.45, 7) is 4.49. The van der Waals surface area contributed by atoms with Gasteiger partial charge in [0.25, 0.3) is 0 Å². The zero-order valence-electron chi connectivity index (χ0n) is 15.2. The van der Waals surface area contributed by atoms with Crippen molar-refractivity contribution in [2.45, 2.75) is 32.1 Å². The summed E-state index contributed by atoms with van der Waals surface area (Å²) in [7, 11) is 1.57. The first-order valence-electron chi connectivity index (χ1n) is 9.24. The number of thiazole rings is 1. The number of nitrogens with zero attached hydrogens (tertiary/aromatic N) is 3. The SMILES string of the molecule is CCCNCC1CC(c2nc3ccc(-c4cnc(OC)nc4)cc3s2)C1. The van der Waals surface area contributed by atoms with Crippen molar-refractivity contribution in [3.63, 3.8) is 0 Å². The molecule has 3 aromatic rings. The van der Waals surface area contributed by atoms with E-state index in [1.165, 1.54) is 29.0 Å². The minimum atomic E-state index is 0.392. The average Bonchev–Trinajstić information content (AvgIpc) is 3.06. The Morgan fingerprint density at radius 1 is 1.19 bits per heavy atom. The van der Waals surface area contributed by atoms with Crippen LogP contribution < -0.4 is 10.1 Å². The lowest BCUT2D eigenvalue weighted by molar-refractivity contribution is 0.254. The zero-order valence-corrected chi connectivity index (χ0v) is 16.1. The first-order valence-corrected chi connectivity index (χ1v) is 10.1. The molecule has 1 aliphatic rings. The molecule has 5 nitrogen and oxygen atoms in total. The molecular weight excluding hydrogens is 344 g/mol. The summed E-state index contributed by atoms with van der Waals surface area (Å²) in [6, 6.07) is 6.78. The van der Waals surface area contributed by atoms with Gasteiger partial charge >= 0.3 is 6.01 Å². The molecule has 0 atom stereocenters. The van der Waals surface area contributed by atoms with Crippen LogP contribution in [0.5, 0.6) is 6.01 Å².